The summed E-state index contributed by atoms with van der Waals surface area (Å²) in [5, 5.41) is 2.91. The molecule has 0 aromatic carbocycles. The molecule has 0 heterocycles. The summed E-state index contributed by atoms with van der Waals surface area (Å²) in [6, 6.07) is -0.0487. The second kappa shape index (κ2) is 5.18. The molecule has 3 nitrogen and oxygen atoms in total. The van der Waals surface area contributed by atoms with Gasteiger partial charge in [-0.25, -0.2) is 8.42 Å². The highest BCUT2D eigenvalue weighted by atomic mass is 32.2. The Morgan fingerprint density at radius 1 is 1.50 bits per heavy atom. The van der Waals surface area contributed by atoms with Gasteiger partial charge in [0, 0.05) is 18.7 Å². The van der Waals surface area contributed by atoms with Gasteiger partial charge < -0.3 is 5.32 Å². The number of nitrogens with one attached hydrogen (secondary N) is 1. The van der Waals surface area contributed by atoms with Crippen LogP contribution in [-0.4, -0.2) is 33.5 Å². The summed E-state index contributed by atoms with van der Waals surface area (Å²) in [6.45, 7) is 1.74. The first-order valence-electron chi connectivity index (χ1n) is 3.74. The maximum Gasteiger partial charge on any atom is 0.149 e. The molecule has 12 heavy (non-hydrogen) atoms. The van der Waals surface area contributed by atoms with Crippen molar-refractivity contribution in [2.24, 2.45) is 0 Å². The first-order chi connectivity index (χ1) is 5.49. The van der Waals surface area contributed by atoms with Gasteiger partial charge in [-0.05, 0) is 14.0 Å². The number of hydrogen-bond donors (Lipinski definition) is 1. The molecule has 0 amide bonds. The highest BCUT2D eigenvalue weighted by Crippen LogP contribution is 1.94. The number of sulfone groups is 1. The SMILES string of the molecule is CC#CCC(CS(C)(=O)=O)NC. The van der Waals surface area contributed by atoms with E-state index in [9.17, 15) is 8.42 Å². The number of rotatable bonds is 4. The molecule has 0 radical (unpaired) electrons. The smallest absolute Gasteiger partial charge is 0.149 e. The first-order valence-corrected chi connectivity index (χ1v) is 5.80. The highest BCUT2D eigenvalue weighted by molar-refractivity contribution is 7.90. The molecule has 4 heteroatoms. The fourth-order valence-electron chi connectivity index (χ4n) is 0.835. The van der Waals surface area contributed by atoms with Crippen LogP contribution in [0.15, 0.2) is 0 Å². The lowest BCUT2D eigenvalue weighted by molar-refractivity contribution is 0.573. The van der Waals surface area contributed by atoms with Gasteiger partial charge in [0.05, 0.1) is 5.75 Å². The van der Waals surface area contributed by atoms with Crippen LogP contribution in [0.1, 0.15) is 13.3 Å². The maximum absolute atomic E-state index is 10.9. The van der Waals surface area contributed by atoms with E-state index in [0.29, 0.717) is 6.42 Å². The van der Waals surface area contributed by atoms with E-state index in [0.717, 1.165) is 0 Å². The van der Waals surface area contributed by atoms with Crippen LogP contribution >= 0.6 is 0 Å². The Bertz CT molecular complexity index is 271. The molecular formula is C8H15NO2S. The van der Waals surface area contributed by atoms with Gasteiger partial charge in [0.1, 0.15) is 9.84 Å². The van der Waals surface area contributed by atoms with Crippen molar-refractivity contribution >= 4 is 9.84 Å². The Morgan fingerprint density at radius 2 is 2.08 bits per heavy atom. The molecule has 0 aliphatic carbocycles. The van der Waals surface area contributed by atoms with Gasteiger partial charge in [0.15, 0.2) is 0 Å². The van der Waals surface area contributed by atoms with Crippen LogP contribution in [0.5, 0.6) is 0 Å². The van der Waals surface area contributed by atoms with Gasteiger partial charge in [-0.1, -0.05) is 0 Å². The number of hydrogen-bond acceptors (Lipinski definition) is 3. The highest BCUT2D eigenvalue weighted by Gasteiger charge is 2.11. The molecule has 0 bridgehead atoms. The Morgan fingerprint density at radius 3 is 2.42 bits per heavy atom. The molecule has 0 rings (SSSR count). The Balaban J connectivity index is 4.06. The van der Waals surface area contributed by atoms with Crippen molar-refractivity contribution in [1.82, 2.24) is 5.32 Å². The molecule has 0 saturated heterocycles. The zero-order chi connectivity index (χ0) is 9.61. The Hall–Kier alpha value is -0.530. The average molecular weight is 189 g/mol. The van der Waals surface area contributed by atoms with Crippen LogP contribution < -0.4 is 5.32 Å². The molecular weight excluding hydrogens is 174 g/mol. The van der Waals surface area contributed by atoms with Crippen molar-refractivity contribution in [3.8, 4) is 11.8 Å². The predicted octanol–water partition coefficient (Wildman–Crippen LogP) is 0.0324. The van der Waals surface area contributed by atoms with Crippen LogP contribution in [0.25, 0.3) is 0 Å². The second-order valence-electron chi connectivity index (χ2n) is 2.71. The van der Waals surface area contributed by atoms with Gasteiger partial charge in [-0.3, -0.25) is 0 Å². The molecule has 1 atom stereocenters. The van der Waals surface area contributed by atoms with E-state index in [4.69, 9.17) is 0 Å². The monoisotopic (exact) mass is 189 g/mol. The normalized spacial score (nSPS) is 13.2. The van der Waals surface area contributed by atoms with E-state index >= 15 is 0 Å². The van der Waals surface area contributed by atoms with Gasteiger partial charge in [-0.15, -0.1) is 11.8 Å². The molecule has 0 saturated carbocycles. The standard InChI is InChI=1S/C8H15NO2S/c1-4-5-6-8(9-2)7-12(3,10)11/h8-9H,6-7H2,1-3H3. The molecule has 0 aliphatic rings. The van der Waals surface area contributed by atoms with Crippen molar-refractivity contribution in [2.75, 3.05) is 19.1 Å². The first kappa shape index (κ1) is 11.5. The van der Waals surface area contributed by atoms with Crippen molar-refractivity contribution in [3.63, 3.8) is 0 Å². The quantitative estimate of drug-likeness (QED) is 0.635. The van der Waals surface area contributed by atoms with E-state index in [2.05, 4.69) is 17.2 Å². The maximum atomic E-state index is 10.9. The lowest BCUT2D eigenvalue weighted by atomic mass is 10.2. The minimum Gasteiger partial charge on any atom is -0.315 e. The van der Waals surface area contributed by atoms with Gasteiger partial charge in [0.25, 0.3) is 0 Å². The molecule has 0 fully saturated rings. The largest absolute Gasteiger partial charge is 0.315 e. The van der Waals surface area contributed by atoms with E-state index in [1.54, 1.807) is 14.0 Å². The van der Waals surface area contributed by atoms with E-state index in [1.165, 1.54) is 6.26 Å². The molecule has 0 spiro atoms. The van der Waals surface area contributed by atoms with Crippen LogP contribution in [0.4, 0.5) is 0 Å². The minimum atomic E-state index is -2.90. The summed E-state index contributed by atoms with van der Waals surface area (Å²) in [5.74, 6) is 5.73. The lowest BCUT2D eigenvalue weighted by Crippen LogP contribution is -2.32. The summed E-state index contributed by atoms with van der Waals surface area (Å²) < 4.78 is 21.8. The fraction of sp³-hybridized carbons (Fsp3) is 0.750. The summed E-state index contributed by atoms with van der Waals surface area (Å²) in [6.07, 6.45) is 1.82. The molecule has 0 aromatic rings. The molecule has 1 unspecified atom stereocenters. The predicted molar refractivity (Wildman–Crippen MR) is 50.6 cm³/mol. The third kappa shape index (κ3) is 6.20. The van der Waals surface area contributed by atoms with Crippen LogP contribution in [-0.2, 0) is 9.84 Å². The van der Waals surface area contributed by atoms with Crippen LogP contribution in [0.2, 0.25) is 0 Å². The van der Waals surface area contributed by atoms with E-state index < -0.39 is 9.84 Å². The van der Waals surface area contributed by atoms with Gasteiger partial charge in [-0.2, -0.15) is 0 Å². The summed E-state index contributed by atoms with van der Waals surface area (Å²) >= 11 is 0. The Kier molecular flexibility index (Phi) is 4.95. The van der Waals surface area contributed by atoms with Crippen molar-refractivity contribution in [2.45, 2.75) is 19.4 Å². The van der Waals surface area contributed by atoms with Crippen LogP contribution in [0.3, 0.4) is 0 Å². The van der Waals surface area contributed by atoms with Gasteiger partial charge in [0.2, 0.25) is 0 Å². The molecule has 0 aromatic heterocycles. The fourth-order valence-corrected chi connectivity index (χ4v) is 1.85. The van der Waals surface area contributed by atoms with E-state index in [-0.39, 0.29) is 11.8 Å². The van der Waals surface area contributed by atoms with Crippen molar-refractivity contribution < 1.29 is 8.42 Å². The van der Waals surface area contributed by atoms with Crippen molar-refractivity contribution in [1.29, 1.82) is 0 Å². The third-order valence-corrected chi connectivity index (χ3v) is 2.45. The third-order valence-electron chi connectivity index (χ3n) is 1.44. The summed E-state index contributed by atoms with van der Waals surface area (Å²) in [4.78, 5) is 0. The molecule has 1 N–H and O–H groups in total. The lowest BCUT2D eigenvalue weighted by Gasteiger charge is -2.10. The topological polar surface area (TPSA) is 46.2 Å². The zero-order valence-electron chi connectivity index (χ0n) is 7.72. The molecule has 0 aliphatic heterocycles. The summed E-state index contributed by atoms with van der Waals surface area (Å²) in [7, 11) is -1.15. The van der Waals surface area contributed by atoms with Crippen LogP contribution in [0, 0.1) is 11.8 Å². The molecule has 70 valence electrons. The summed E-state index contributed by atoms with van der Waals surface area (Å²) in [5.41, 5.74) is 0. The Labute approximate surface area is 74.5 Å². The average Bonchev–Trinajstić information content (AvgIpc) is 1.95. The zero-order valence-corrected chi connectivity index (χ0v) is 8.53. The second-order valence-corrected chi connectivity index (χ2v) is 4.89. The van der Waals surface area contributed by atoms with E-state index in [1.807, 2.05) is 0 Å². The van der Waals surface area contributed by atoms with Gasteiger partial charge >= 0.3 is 0 Å². The minimum absolute atomic E-state index is 0.0487. The van der Waals surface area contributed by atoms with Crippen molar-refractivity contribution in [3.05, 3.63) is 0 Å².